The summed E-state index contributed by atoms with van der Waals surface area (Å²) < 4.78 is 6.14. The average molecular weight is 371 g/mol. The van der Waals surface area contributed by atoms with Crippen LogP contribution in [0.15, 0.2) is 24.3 Å². The second-order valence-corrected chi connectivity index (χ2v) is 7.20. The van der Waals surface area contributed by atoms with Gasteiger partial charge in [0.2, 0.25) is 0 Å². The molecule has 0 bridgehead atoms. The number of carbonyl (C=O) groups is 2. The Labute approximate surface area is 155 Å². The van der Waals surface area contributed by atoms with Crippen LogP contribution in [0.4, 0.5) is 0 Å². The van der Waals surface area contributed by atoms with E-state index in [-0.39, 0.29) is 12.5 Å². The van der Waals surface area contributed by atoms with Crippen LogP contribution >= 0.6 is 11.3 Å². The molecule has 0 saturated heterocycles. The number of aromatic amines is 1. The van der Waals surface area contributed by atoms with Gasteiger partial charge in [-0.3, -0.25) is 4.79 Å². The Kier molecular flexibility index (Phi) is 5.08. The number of nitrogens with one attached hydrogen (secondary N) is 1. The summed E-state index contributed by atoms with van der Waals surface area (Å²) in [5, 5.41) is 0.874. The quantitative estimate of drug-likeness (QED) is 0.694. The molecule has 0 atom stereocenters. The minimum Gasteiger partial charge on any atom is -0.461 e. The number of carbonyl (C=O) groups excluding carboxylic acids is 2. The number of aromatic nitrogens is 2. The van der Waals surface area contributed by atoms with Crippen LogP contribution in [-0.2, 0) is 11.3 Å². The first-order chi connectivity index (χ1) is 12.4. The predicted octanol–water partition coefficient (Wildman–Crippen LogP) is 3.69. The van der Waals surface area contributed by atoms with Crippen molar-refractivity contribution < 1.29 is 14.3 Å². The maximum absolute atomic E-state index is 12.9. The van der Waals surface area contributed by atoms with E-state index in [0.717, 1.165) is 15.2 Å². The first-order valence-corrected chi connectivity index (χ1v) is 9.20. The molecule has 7 heteroatoms. The number of amides is 1. The minimum atomic E-state index is -0.444. The van der Waals surface area contributed by atoms with Gasteiger partial charge in [0, 0.05) is 12.7 Å². The zero-order valence-electron chi connectivity index (χ0n) is 15.3. The van der Waals surface area contributed by atoms with Gasteiger partial charge < -0.3 is 14.6 Å². The van der Waals surface area contributed by atoms with Crippen LogP contribution in [0.2, 0.25) is 0 Å². The van der Waals surface area contributed by atoms with Crippen LogP contribution < -0.4 is 0 Å². The first kappa shape index (κ1) is 18.1. The van der Waals surface area contributed by atoms with Crippen LogP contribution in [-0.4, -0.2) is 40.4 Å². The molecule has 26 heavy (non-hydrogen) atoms. The molecule has 3 aromatic rings. The van der Waals surface area contributed by atoms with Gasteiger partial charge in [0.15, 0.2) is 0 Å². The molecule has 3 rings (SSSR count). The van der Waals surface area contributed by atoms with Crippen LogP contribution in [0.1, 0.15) is 44.0 Å². The topological polar surface area (TPSA) is 75.3 Å². The summed E-state index contributed by atoms with van der Waals surface area (Å²) >= 11 is 1.58. The van der Waals surface area contributed by atoms with E-state index >= 15 is 0 Å². The van der Waals surface area contributed by atoms with Gasteiger partial charge in [-0.05, 0) is 38.5 Å². The SMILES string of the molecule is CCOC(=O)c1[nH]c(C)c(C(=O)N(C)Cc2nc3ccccc3s2)c1C. The lowest BCUT2D eigenvalue weighted by Gasteiger charge is -2.16. The van der Waals surface area contributed by atoms with Gasteiger partial charge in [-0.1, -0.05) is 12.1 Å². The molecule has 0 spiro atoms. The number of H-pyrrole nitrogens is 1. The molecule has 0 aliphatic carbocycles. The average Bonchev–Trinajstić information content (AvgIpc) is 3.14. The van der Waals surface area contributed by atoms with E-state index in [1.54, 1.807) is 44.1 Å². The Morgan fingerprint density at radius 1 is 1.27 bits per heavy atom. The van der Waals surface area contributed by atoms with Crippen molar-refractivity contribution in [2.75, 3.05) is 13.7 Å². The molecule has 1 amide bonds. The van der Waals surface area contributed by atoms with E-state index in [2.05, 4.69) is 9.97 Å². The van der Waals surface area contributed by atoms with Crippen LogP contribution in [0.3, 0.4) is 0 Å². The van der Waals surface area contributed by atoms with E-state index < -0.39 is 5.97 Å². The summed E-state index contributed by atoms with van der Waals surface area (Å²) in [6, 6.07) is 7.90. The molecule has 0 fully saturated rings. The highest BCUT2D eigenvalue weighted by molar-refractivity contribution is 7.18. The van der Waals surface area contributed by atoms with Gasteiger partial charge >= 0.3 is 5.97 Å². The summed E-state index contributed by atoms with van der Waals surface area (Å²) in [6.07, 6.45) is 0. The maximum Gasteiger partial charge on any atom is 0.355 e. The molecule has 0 saturated carbocycles. The van der Waals surface area contributed by atoms with Gasteiger partial charge in [0.05, 0.1) is 28.9 Å². The van der Waals surface area contributed by atoms with Gasteiger partial charge in [-0.25, -0.2) is 9.78 Å². The smallest absolute Gasteiger partial charge is 0.355 e. The Balaban J connectivity index is 1.83. The van der Waals surface area contributed by atoms with Crippen molar-refractivity contribution in [1.82, 2.24) is 14.9 Å². The van der Waals surface area contributed by atoms with E-state index in [9.17, 15) is 9.59 Å². The normalized spacial score (nSPS) is 10.9. The van der Waals surface area contributed by atoms with Crippen molar-refractivity contribution >= 4 is 33.4 Å². The third-order valence-corrected chi connectivity index (χ3v) is 5.21. The lowest BCUT2D eigenvalue weighted by atomic mass is 10.1. The van der Waals surface area contributed by atoms with Gasteiger partial charge in [-0.15, -0.1) is 11.3 Å². The molecule has 0 aliphatic rings. The lowest BCUT2D eigenvalue weighted by molar-refractivity contribution is 0.0519. The molecule has 0 aliphatic heterocycles. The van der Waals surface area contributed by atoms with Gasteiger partial charge in [0.1, 0.15) is 10.7 Å². The van der Waals surface area contributed by atoms with Crippen molar-refractivity contribution in [1.29, 1.82) is 0 Å². The van der Waals surface area contributed by atoms with Crippen molar-refractivity contribution in [3.05, 3.63) is 51.8 Å². The molecule has 0 radical (unpaired) electrons. The highest BCUT2D eigenvalue weighted by Gasteiger charge is 2.25. The fourth-order valence-corrected chi connectivity index (χ4v) is 3.95. The number of fused-ring (bicyclic) bond motifs is 1. The summed E-state index contributed by atoms with van der Waals surface area (Å²) in [5.41, 5.74) is 3.05. The number of nitrogens with zero attached hydrogens (tertiary/aromatic N) is 2. The number of para-hydroxylation sites is 1. The number of esters is 1. The first-order valence-electron chi connectivity index (χ1n) is 8.38. The zero-order valence-corrected chi connectivity index (χ0v) is 16.1. The monoisotopic (exact) mass is 371 g/mol. The molecule has 0 unspecified atom stereocenters. The van der Waals surface area contributed by atoms with Crippen molar-refractivity contribution in [2.45, 2.75) is 27.3 Å². The van der Waals surface area contributed by atoms with Crippen LogP contribution in [0.25, 0.3) is 10.2 Å². The number of hydrogen-bond donors (Lipinski definition) is 1. The summed E-state index contributed by atoms with van der Waals surface area (Å²) in [5.74, 6) is -0.591. The Bertz CT molecular complexity index is 941. The van der Waals surface area contributed by atoms with Crippen molar-refractivity contribution in [3.63, 3.8) is 0 Å². The number of thiazole rings is 1. The molecular weight excluding hydrogens is 350 g/mol. The van der Waals surface area contributed by atoms with E-state index in [4.69, 9.17) is 4.74 Å². The maximum atomic E-state index is 12.9. The molecule has 2 aromatic heterocycles. The predicted molar refractivity (Wildman–Crippen MR) is 102 cm³/mol. The highest BCUT2D eigenvalue weighted by Crippen LogP contribution is 2.24. The minimum absolute atomic E-state index is 0.147. The lowest BCUT2D eigenvalue weighted by Crippen LogP contribution is -2.27. The Hall–Kier alpha value is -2.67. The molecule has 6 nitrogen and oxygen atoms in total. The molecule has 1 N–H and O–H groups in total. The number of ether oxygens (including phenoxy) is 1. The summed E-state index contributed by atoms with van der Waals surface area (Å²) in [4.78, 5) is 34.1. The van der Waals surface area contributed by atoms with Crippen LogP contribution in [0, 0.1) is 13.8 Å². The van der Waals surface area contributed by atoms with Crippen molar-refractivity contribution in [3.8, 4) is 0 Å². The number of rotatable bonds is 5. The summed E-state index contributed by atoms with van der Waals surface area (Å²) in [6.45, 7) is 6.00. The number of benzene rings is 1. The highest BCUT2D eigenvalue weighted by atomic mass is 32.1. The van der Waals surface area contributed by atoms with Crippen LogP contribution in [0.5, 0.6) is 0 Å². The second kappa shape index (κ2) is 7.29. The number of aryl methyl sites for hydroxylation is 1. The molecule has 2 heterocycles. The van der Waals surface area contributed by atoms with Gasteiger partial charge in [0.25, 0.3) is 5.91 Å². The largest absolute Gasteiger partial charge is 0.461 e. The fourth-order valence-electron chi connectivity index (χ4n) is 2.93. The van der Waals surface area contributed by atoms with E-state index in [1.165, 1.54) is 0 Å². The number of hydrogen-bond acceptors (Lipinski definition) is 5. The van der Waals surface area contributed by atoms with E-state index in [0.29, 0.717) is 29.1 Å². The summed E-state index contributed by atoms with van der Waals surface area (Å²) in [7, 11) is 1.74. The third kappa shape index (κ3) is 3.35. The molecule has 136 valence electrons. The Morgan fingerprint density at radius 3 is 2.69 bits per heavy atom. The zero-order chi connectivity index (χ0) is 18.8. The second-order valence-electron chi connectivity index (χ2n) is 6.08. The van der Waals surface area contributed by atoms with Crippen molar-refractivity contribution in [2.24, 2.45) is 0 Å². The third-order valence-electron chi connectivity index (χ3n) is 4.19. The fraction of sp³-hybridized carbons (Fsp3) is 0.316. The Morgan fingerprint density at radius 2 is 2.00 bits per heavy atom. The van der Waals surface area contributed by atoms with E-state index in [1.807, 2.05) is 24.3 Å². The molecular formula is C19H21N3O3S. The standard InChI is InChI=1S/C19H21N3O3S/c1-5-25-19(24)17-11(2)16(12(3)20-17)18(23)22(4)10-15-21-13-8-6-7-9-14(13)26-15/h6-9,20H,5,10H2,1-4H3. The van der Waals surface area contributed by atoms with Gasteiger partial charge in [-0.2, -0.15) is 0 Å². The molecule has 1 aromatic carbocycles.